The maximum atomic E-state index is 10.5. The number of aryl methyl sites for hydroxylation is 2. The van der Waals surface area contributed by atoms with Crippen molar-refractivity contribution in [2.75, 3.05) is 6.61 Å². The summed E-state index contributed by atoms with van der Waals surface area (Å²) in [4.78, 5) is 10.5. The second kappa shape index (κ2) is 9.02. The van der Waals surface area contributed by atoms with Crippen LogP contribution >= 0.6 is 0 Å². The maximum Gasteiger partial charge on any atom is 0.341 e. The molecule has 2 rings (SSSR count). The van der Waals surface area contributed by atoms with Gasteiger partial charge in [0.2, 0.25) is 0 Å². The van der Waals surface area contributed by atoms with Gasteiger partial charge in [0.25, 0.3) is 0 Å². The summed E-state index contributed by atoms with van der Waals surface area (Å²) in [5, 5.41) is 9.41. The molecule has 0 aliphatic carbocycles. The van der Waals surface area contributed by atoms with E-state index in [1.54, 1.807) is 12.3 Å². The molecule has 1 heterocycles. The van der Waals surface area contributed by atoms with Gasteiger partial charge in [-0.25, -0.2) is 4.79 Å². The van der Waals surface area contributed by atoms with E-state index in [1.807, 2.05) is 47.6 Å². The van der Waals surface area contributed by atoms with Crippen LogP contribution in [-0.2, 0) is 4.79 Å². The average molecular weight is 280 g/mol. The molecule has 0 aliphatic heterocycles. The van der Waals surface area contributed by atoms with E-state index >= 15 is 0 Å². The van der Waals surface area contributed by atoms with Gasteiger partial charge in [0, 0.05) is 0 Å². The number of carboxylic acids is 1. The molecular formula is C16H24O4. The number of benzene rings is 1. The van der Waals surface area contributed by atoms with Crippen molar-refractivity contribution in [2.24, 2.45) is 0 Å². The molecule has 4 nitrogen and oxygen atoms in total. The number of ether oxygens (including phenoxy) is 1. The van der Waals surface area contributed by atoms with E-state index in [1.165, 1.54) is 0 Å². The summed E-state index contributed by atoms with van der Waals surface area (Å²) in [7, 11) is 0. The molecule has 20 heavy (non-hydrogen) atoms. The van der Waals surface area contributed by atoms with Crippen LogP contribution in [0.25, 0.3) is 11.0 Å². The Balaban J connectivity index is 0.000000829. The van der Waals surface area contributed by atoms with Crippen LogP contribution < -0.4 is 4.74 Å². The standard InChI is InChI=1S/C12H12O4.2C2H6/c1-7-5-8(2)12(16-6-10(13)14)9-3-4-15-11(7)9;2*1-2/h3-5H,6H2,1-2H3,(H,13,14);2*1-2H3. The lowest BCUT2D eigenvalue weighted by Crippen LogP contribution is -2.10. The molecule has 0 bridgehead atoms. The summed E-state index contributed by atoms with van der Waals surface area (Å²) < 4.78 is 10.6. The van der Waals surface area contributed by atoms with E-state index in [9.17, 15) is 4.79 Å². The van der Waals surface area contributed by atoms with E-state index in [-0.39, 0.29) is 6.61 Å². The number of furan rings is 1. The smallest absolute Gasteiger partial charge is 0.341 e. The van der Waals surface area contributed by atoms with Gasteiger partial charge in [0.05, 0.1) is 11.6 Å². The van der Waals surface area contributed by atoms with E-state index in [0.717, 1.165) is 22.1 Å². The molecule has 0 aliphatic rings. The van der Waals surface area contributed by atoms with Gasteiger partial charge in [0.1, 0.15) is 11.3 Å². The van der Waals surface area contributed by atoms with Gasteiger partial charge < -0.3 is 14.3 Å². The number of fused-ring (bicyclic) bond motifs is 1. The molecule has 4 heteroatoms. The third-order valence-electron chi connectivity index (χ3n) is 2.40. The molecule has 0 radical (unpaired) electrons. The van der Waals surface area contributed by atoms with E-state index in [4.69, 9.17) is 14.3 Å². The minimum Gasteiger partial charge on any atom is -0.481 e. The van der Waals surface area contributed by atoms with Crippen molar-refractivity contribution in [3.8, 4) is 5.75 Å². The number of carboxylic acid groups (broad SMARTS) is 1. The quantitative estimate of drug-likeness (QED) is 0.895. The summed E-state index contributed by atoms with van der Waals surface area (Å²) >= 11 is 0. The van der Waals surface area contributed by atoms with Crippen molar-refractivity contribution < 1.29 is 19.1 Å². The topological polar surface area (TPSA) is 59.7 Å². The Bertz CT molecular complexity index is 541. The second-order valence-electron chi connectivity index (χ2n) is 3.69. The SMILES string of the molecule is CC.CC.Cc1cc(C)c2occc2c1OCC(=O)O. The summed E-state index contributed by atoms with van der Waals surface area (Å²) in [5.74, 6) is -0.409. The molecule has 0 amide bonds. The van der Waals surface area contributed by atoms with Gasteiger partial charge in [-0.1, -0.05) is 27.7 Å². The average Bonchev–Trinajstić information content (AvgIpc) is 2.92. The molecule has 1 aromatic heterocycles. The molecule has 0 fully saturated rings. The van der Waals surface area contributed by atoms with Gasteiger partial charge in [-0.2, -0.15) is 0 Å². The first kappa shape index (κ1) is 18.0. The van der Waals surface area contributed by atoms with Crippen molar-refractivity contribution in [2.45, 2.75) is 41.5 Å². The molecule has 112 valence electrons. The Hall–Kier alpha value is -1.97. The van der Waals surface area contributed by atoms with Crippen LogP contribution in [0.15, 0.2) is 22.8 Å². The lowest BCUT2D eigenvalue weighted by molar-refractivity contribution is -0.139. The fourth-order valence-corrected chi connectivity index (χ4v) is 1.79. The molecule has 0 unspecified atom stereocenters. The Morgan fingerprint density at radius 3 is 2.35 bits per heavy atom. The Kier molecular flexibility index (Phi) is 8.13. The van der Waals surface area contributed by atoms with Crippen LogP contribution in [0.1, 0.15) is 38.8 Å². The van der Waals surface area contributed by atoms with Gasteiger partial charge in [0.15, 0.2) is 6.61 Å². The lowest BCUT2D eigenvalue weighted by Gasteiger charge is -2.09. The monoisotopic (exact) mass is 280 g/mol. The van der Waals surface area contributed by atoms with Crippen LogP contribution in [0.3, 0.4) is 0 Å². The Labute approximate surface area is 120 Å². The van der Waals surface area contributed by atoms with Gasteiger partial charge in [-0.05, 0) is 37.1 Å². The predicted octanol–water partition coefficient (Wildman–Crippen LogP) is 4.57. The van der Waals surface area contributed by atoms with E-state index < -0.39 is 5.97 Å². The first-order valence-electron chi connectivity index (χ1n) is 6.91. The molecule has 0 saturated carbocycles. The summed E-state index contributed by atoms with van der Waals surface area (Å²) in [6.45, 7) is 11.5. The second-order valence-corrected chi connectivity index (χ2v) is 3.69. The van der Waals surface area contributed by atoms with Crippen molar-refractivity contribution in [3.63, 3.8) is 0 Å². The highest BCUT2D eigenvalue weighted by Gasteiger charge is 2.12. The molecule has 2 aromatic rings. The zero-order valence-corrected chi connectivity index (χ0v) is 13.1. The number of hydrogen-bond acceptors (Lipinski definition) is 3. The van der Waals surface area contributed by atoms with Crippen molar-refractivity contribution >= 4 is 16.9 Å². The lowest BCUT2D eigenvalue weighted by atomic mass is 10.1. The molecular weight excluding hydrogens is 256 g/mol. The zero-order valence-electron chi connectivity index (χ0n) is 13.1. The normalized spacial score (nSPS) is 9.10. The number of aliphatic carboxylic acids is 1. The largest absolute Gasteiger partial charge is 0.481 e. The van der Waals surface area contributed by atoms with Crippen LogP contribution in [0.5, 0.6) is 5.75 Å². The van der Waals surface area contributed by atoms with Crippen molar-refractivity contribution in [1.82, 2.24) is 0 Å². The van der Waals surface area contributed by atoms with Crippen LogP contribution in [0.4, 0.5) is 0 Å². The maximum absolute atomic E-state index is 10.5. The fourth-order valence-electron chi connectivity index (χ4n) is 1.79. The fraction of sp³-hybridized carbons (Fsp3) is 0.438. The first-order valence-corrected chi connectivity index (χ1v) is 6.91. The summed E-state index contributed by atoms with van der Waals surface area (Å²) in [5.41, 5.74) is 2.67. The highest BCUT2D eigenvalue weighted by atomic mass is 16.5. The molecule has 1 aromatic carbocycles. The number of rotatable bonds is 3. The third kappa shape index (κ3) is 4.30. The third-order valence-corrected chi connectivity index (χ3v) is 2.40. The van der Waals surface area contributed by atoms with Crippen LogP contribution in [0, 0.1) is 13.8 Å². The van der Waals surface area contributed by atoms with E-state index in [2.05, 4.69) is 0 Å². The molecule has 1 N–H and O–H groups in total. The van der Waals surface area contributed by atoms with Crippen LogP contribution in [-0.4, -0.2) is 17.7 Å². The molecule has 0 spiro atoms. The predicted molar refractivity (Wildman–Crippen MR) is 81.5 cm³/mol. The minimum absolute atomic E-state index is 0.343. The molecule has 0 saturated heterocycles. The van der Waals surface area contributed by atoms with Gasteiger partial charge in [-0.3, -0.25) is 0 Å². The highest BCUT2D eigenvalue weighted by molar-refractivity contribution is 5.88. The Morgan fingerprint density at radius 1 is 1.20 bits per heavy atom. The van der Waals surface area contributed by atoms with Gasteiger partial charge in [-0.15, -0.1) is 0 Å². The van der Waals surface area contributed by atoms with Crippen molar-refractivity contribution in [3.05, 3.63) is 29.5 Å². The Morgan fingerprint density at radius 2 is 1.80 bits per heavy atom. The highest BCUT2D eigenvalue weighted by Crippen LogP contribution is 2.32. The van der Waals surface area contributed by atoms with Gasteiger partial charge >= 0.3 is 5.97 Å². The number of carbonyl (C=O) groups is 1. The zero-order chi connectivity index (χ0) is 15.7. The number of hydrogen-bond donors (Lipinski definition) is 1. The first-order chi connectivity index (χ1) is 9.59. The van der Waals surface area contributed by atoms with E-state index in [0.29, 0.717) is 5.75 Å². The minimum atomic E-state index is -0.989. The summed E-state index contributed by atoms with van der Waals surface area (Å²) in [6, 6.07) is 3.70. The van der Waals surface area contributed by atoms with Crippen LogP contribution in [0.2, 0.25) is 0 Å². The molecule has 0 atom stereocenters. The summed E-state index contributed by atoms with van der Waals surface area (Å²) in [6.07, 6.45) is 1.57. The van der Waals surface area contributed by atoms with Crippen molar-refractivity contribution in [1.29, 1.82) is 0 Å².